The Bertz CT molecular complexity index is 598. The van der Waals surface area contributed by atoms with Crippen LogP contribution >= 0.6 is 12.6 Å². The molecule has 5 nitrogen and oxygen atoms in total. The van der Waals surface area contributed by atoms with E-state index in [1.807, 2.05) is 24.3 Å². The molecule has 132 valence electrons. The quantitative estimate of drug-likeness (QED) is 0.741. The number of aliphatic carboxylic acids is 1. The summed E-state index contributed by atoms with van der Waals surface area (Å²) in [5.41, 5.74) is 1.93. The molecular weight excluding hydrogens is 326 g/mol. The van der Waals surface area contributed by atoms with Crippen molar-refractivity contribution in [3.8, 4) is 0 Å². The maximum Gasteiger partial charge on any atom is 0.327 e. The Hall–Kier alpha value is -1.82. The van der Waals surface area contributed by atoms with Crippen molar-refractivity contribution in [1.29, 1.82) is 0 Å². The lowest BCUT2D eigenvalue weighted by atomic mass is 9.95. The van der Waals surface area contributed by atoms with Gasteiger partial charge in [-0.25, -0.2) is 4.79 Å². The van der Waals surface area contributed by atoms with Gasteiger partial charge in [0.1, 0.15) is 6.04 Å². The van der Waals surface area contributed by atoms with Crippen LogP contribution < -0.4 is 0 Å². The highest BCUT2D eigenvalue weighted by atomic mass is 32.1. The first-order valence-corrected chi connectivity index (χ1v) is 8.58. The van der Waals surface area contributed by atoms with Crippen molar-refractivity contribution in [3.05, 3.63) is 35.4 Å². The highest BCUT2D eigenvalue weighted by Crippen LogP contribution is 2.21. The van der Waals surface area contributed by atoms with Crippen molar-refractivity contribution in [1.82, 2.24) is 4.90 Å². The fraction of sp³-hybridized carbons (Fsp3) is 0.500. The highest BCUT2D eigenvalue weighted by Gasteiger charge is 2.34. The molecule has 1 rings (SSSR count). The molecule has 2 amide bonds. The lowest BCUT2D eigenvalue weighted by Gasteiger charge is -2.27. The second-order valence-corrected chi connectivity index (χ2v) is 6.69. The predicted molar refractivity (Wildman–Crippen MR) is 96.2 cm³/mol. The average molecular weight is 351 g/mol. The SMILES string of the molecule is CC(=O)N(C(=O)C(C)c1ccc(CC(C)C)cc1)[C@H](CS)C(=O)O. The lowest BCUT2D eigenvalue weighted by Crippen LogP contribution is -2.50. The summed E-state index contributed by atoms with van der Waals surface area (Å²) in [6, 6.07) is 6.38. The van der Waals surface area contributed by atoms with Crippen molar-refractivity contribution >= 4 is 30.4 Å². The fourth-order valence-electron chi connectivity index (χ4n) is 2.56. The second-order valence-electron chi connectivity index (χ2n) is 6.33. The second kappa shape index (κ2) is 8.87. The Labute approximate surface area is 148 Å². The largest absolute Gasteiger partial charge is 0.480 e. The van der Waals surface area contributed by atoms with Crippen LogP contribution in [0.2, 0.25) is 0 Å². The Morgan fingerprint density at radius 3 is 2.04 bits per heavy atom. The molecule has 1 aromatic rings. The molecular formula is C18H25NO4S. The third kappa shape index (κ3) is 5.09. The first-order chi connectivity index (χ1) is 11.2. The molecule has 0 heterocycles. The predicted octanol–water partition coefficient (Wildman–Crippen LogP) is 2.75. The van der Waals surface area contributed by atoms with Crippen molar-refractivity contribution in [2.75, 3.05) is 5.75 Å². The van der Waals surface area contributed by atoms with Crippen LogP contribution in [-0.4, -0.2) is 39.6 Å². The Kier molecular flexibility index (Phi) is 7.48. The number of thiol groups is 1. The minimum Gasteiger partial charge on any atom is -0.480 e. The van der Waals surface area contributed by atoms with Crippen LogP contribution in [0.15, 0.2) is 24.3 Å². The van der Waals surface area contributed by atoms with E-state index in [4.69, 9.17) is 0 Å². The molecule has 1 N–H and O–H groups in total. The van der Waals surface area contributed by atoms with Crippen molar-refractivity contribution < 1.29 is 19.5 Å². The van der Waals surface area contributed by atoms with Gasteiger partial charge in [0.15, 0.2) is 0 Å². The van der Waals surface area contributed by atoms with Crippen LogP contribution in [-0.2, 0) is 20.8 Å². The smallest absolute Gasteiger partial charge is 0.327 e. The zero-order chi connectivity index (χ0) is 18.4. The number of carbonyl (C=O) groups excluding carboxylic acids is 2. The van der Waals surface area contributed by atoms with Crippen LogP contribution in [0, 0.1) is 5.92 Å². The van der Waals surface area contributed by atoms with Crippen molar-refractivity contribution in [2.24, 2.45) is 5.92 Å². The van der Waals surface area contributed by atoms with Gasteiger partial charge in [-0.15, -0.1) is 0 Å². The minimum absolute atomic E-state index is 0.124. The standard InChI is InChI=1S/C18H25NO4S/c1-11(2)9-14-5-7-15(8-6-14)12(3)17(21)19(13(4)20)16(10-24)18(22)23/h5-8,11-12,16,24H,9-10H2,1-4H3,(H,22,23)/t12?,16-/m1/s1. The normalized spacial score (nSPS) is 13.4. The van der Waals surface area contributed by atoms with Gasteiger partial charge in [-0.3, -0.25) is 14.5 Å². The molecule has 0 aliphatic carbocycles. The molecule has 0 aromatic heterocycles. The topological polar surface area (TPSA) is 74.7 Å². The summed E-state index contributed by atoms with van der Waals surface area (Å²) >= 11 is 3.96. The molecule has 24 heavy (non-hydrogen) atoms. The first-order valence-electron chi connectivity index (χ1n) is 7.95. The van der Waals surface area contributed by atoms with Gasteiger partial charge in [-0.05, 0) is 30.4 Å². The van der Waals surface area contributed by atoms with E-state index in [0.29, 0.717) is 5.92 Å². The summed E-state index contributed by atoms with van der Waals surface area (Å²) in [4.78, 5) is 36.6. The van der Waals surface area contributed by atoms with E-state index in [0.717, 1.165) is 16.9 Å². The van der Waals surface area contributed by atoms with Crippen molar-refractivity contribution in [2.45, 2.75) is 46.1 Å². The maximum absolute atomic E-state index is 12.7. The maximum atomic E-state index is 12.7. The molecule has 0 bridgehead atoms. The average Bonchev–Trinajstić information content (AvgIpc) is 2.50. The molecule has 0 aliphatic heterocycles. The molecule has 0 aliphatic rings. The summed E-state index contributed by atoms with van der Waals surface area (Å²) in [5.74, 6) is -2.56. The monoisotopic (exact) mass is 351 g/mol. The number of carbonyl (C=O) groups is 3. The molecule has 0 saturated heterocycles. The molecule has 2 atom stereocenters. The van der Waals surface area contributed by atoms with E-state index in [1.54, 1.807) is 6.92 Å². The third-order valence-corrected chi connectivity index (χ3v) is 4.19. The summed E-state index contributed by atoms with van der Waals surface area (Å²) in [7, 11) is 0. The fourth-order valence-corrected chi connectivity index (χ4v) is 2.88. The number of nitrogens with zero attached hydrogens (tertiary/aromatic N) is 1. The highest BCUT2D eigenvalue weighted by molar-refractivity contribution is 7.80. The summed E-state index contributed by atoms with van der Waals surface area (Å²) in [5, 5.41) is 9.22. The molecule has 6 heteroatoms. The van der Waals surface area contributed by atoms with Gasteiger partial charge in [-0.1, -0.05) is 38.1 Å². The van der Waals surface area contributed by atoms with E-state index in [2.05, 4.69) is 26.5 Å². The molecule has 0 fully saturated rings. The third-order valence-electron chi connectivity index (χ3n) is 3.84. The molecule has 1 unspecified atom stereocenters. The zero-order valence-corrected chi connectivity index (χ0v) is 15.4. The number of rotatable bonds is 7. The van der Waals surface area contributed by atoms with Gasteiger partial charge in [-0.2, -0.15) is 12.6 Å². The number of benzene rings is 1. The van der Waals surface area contributed by atoms with Crippen LogP contribution in [0.25, 0.3) is 0 Å². The van der Waals surface area contributed by atoms with Gasteiger partial charge < -0.3 is 5.11 Å². The Balaban J connectivity index is 3.02. The van der Waals surface area contributed by atoms with Crippen molar-refractivity contribution in [3.63, 3.8) is 0 Å². The number of amides is 2. The minimum atomic E-state index is -1.26. The zero-order valence-electron chi connectivity index (χ0n) is 14.5. The van der Waals surface area contributed by atoms with Gasteiger partial charge in [0.25, 0.3) is 0 Å². The van der Waals surface area contributed by atoms with Gasteiger partial charge in [0, 0.05) is 12.7 Å². The summed E-state index contributed by atoms with van der Waals surface area (Å²) in [6.45, 7) is 7.13. The molecule has 0 saturated carbocycles. The van der Waals surface area contributed by atoms with Gasteiger partial charge in [0.05, 0.1) is 5.92 Å². The van der Waals surface area contributed by atoms with Crippen LogP contribution in [0.3, 0.4) is 0 Å². The van der Waals surface area contributed by atoms with E-state index < -0.39 is 29.7 Å². The molecule has 1 aromatic carbocycles. The van der Waals surface area contributed by atoms with Gasteiger partial charge in [0.2, 0.25) is 11.8 Å². The van der Waals surface area contributed by atoms with Crippen LogP contribution in [0.4, 0.5) is 0 Å². The van der Waals surface area contributed by atoms with E-state index in [1.165, 1.54) is 12.5 Å². The number of carboxylic acid groups (broad SMARTS) is 1. The summed E-state index contributed by atoms with van der Waals surface area (Å²) in [6.07, 6.45) is 0.947. The number of hydrogen-bond donors (Lipinski definition) is 2. The first kappa shape index (κ1) is 20.2. The summed E-state index contributed by atoms with van der Waals surface area (Å²) < 4.78 is 0. The number of imide groups is 1. The van der Waals surface area contributed by atoms with Crippen LogP contribution in [0.5, 0.6) is 0 Å². The lowest BCUT2D eigenvalue weighted by molar-refractivity contribution is -0.156. The van der Waals surface area contributed by atoms with Gasteiger partial charge >= 0.3 is 5.97 Å². The van der Waals surface area contributed by atoms with Crippen LogP contribution in [0.1, 0.15) is 44.7 Å². The number of hydrogen-bond acceptors (Lipinski definition) is 4. The number of carboxylic acids is 1. The van der Waals surface area contributed by atoms with E-state index in [-0.39, 0.29) is 5.75 Å². The Morgan fingerprint density at radius 1 is 1.12 bits per heavy atom. The van der Waals surface area contributed by atoms with E-state index >= 15 is 0 Å². The molecule has 0 spiro atoms. The molecule has 0 radical (unpaired) electrons. The van der Waals surface area contributed by atoms with E-state index in [9.17, 15) is 19.5 Å². The Morgan fingerprint density at radius 2 is 1.67 bits per heavy atom.